The third-order valence-electron chi connectivity index (χ3n) is 7.19. The zero-order valence-electron chi connectivity index (χ0n) is 20.7. The summed E-state index contributed by atoms with van der Waals surface area (Å²) in [7, 11) is 0. The summed E-state index contributed by atoms with van der Waals surface area (Å²) in [6.45, 7) is 6.62. The van der Waals surface area contributed by atoms with Gasteiger partial charge in [-0.05, 0) is 30.2 Å². The zero-order chi connectivity index (χ0) is 25.3. The Hall–Kier alpha value is -2.65. The van der Waals surface area contributed by atoms with Crippen molar-refractivity contribution in [3.63, 3.8) is 0 Å². The lowest BCUT2D eigenvalue weighted by Gasteiger charge is -2.30. The van der Waals surface area contributed by atoms with E-state index in [1.54, 1.807) is 0 Å². The van der Waals surface area contributed by atoms with E-state index in [9.17, 15) is 19.5 Å². The van der Waals surface area contributed by atoms with E-state index in [1.165, 1.54) is 4.90 Å². The van der Waals surface area contributed by atoms with E-state index in [0.717, 1.165) is 18.4 Å². The number of piperidine rings is 1. The lowest BCUT2D eigenvalue weighted by molar-refractivity contribution is -0.182. The summed E-state index contributed by atoms with van der Waals surface area (Å²) in [5, 5.41) is 10.3. The molecule has 4 unspecified atom stereocenters. The molecular formula is C26H35NO8. The number of rotatable bonds is 8. The average Bonchev–Trinajstić information content (AvgIpc) is 3.19. The molecule has 0 bridgehead atoms. The molecule has 1 saturated carbocycles. The normalized spacial score (nSPS) is 29.9. The van der Waals surface area contributed by atoms with E-state index >= 15 is 0 Å². The number of likely N-dealkylation sites (tertiary alicyclic amines) is 1. The number of carboxylic acids is 1. The topological polar surface area (TPSA) is 112 Å². The number of benzene rings is 1. The van der Waals surface area contributed by atoms with Crippen LogP contribution in [0.5, 0.6) is 0 Å². The van der Waals surface area contributed by atoms with Crippen LogP contribution in [0, 0.1) is 22.2 Å². The Morgan fingerprint density at radius 2 is 1.89 bits per heavy atom. The van der Waals surface area contributed by atoms with E-state index < -0.39 is 41.1 Å². The van der Waals surface area contributed by atoms with E-state index in [4.69, 9.17) is 18.9 Å². The summed E-state index contributed by atoms with van der Waals surface area (Å²) >= 11 is 0. The number of carboxylic acid groups (broad SMARTS) is 1. The number of aliphatic carboxylic acids is 1. The van der Waals surface area contributed by atoms with Crippen LogP contribution in [0.1, 0.15) is 45.6 Å². The summed E-state index contributed by atoms with van der Waals surface area (Å²) in [6, 6.07) is 9.31. The van der Waals surface area contributed by atoms with Crippen LogP contribution >= 0.6 is 0 Å². The fraction of sp³-hybridized carbons (Fsp3) is 0.654. The van der Waals surface area contributed by atoms with Crippen molar-refractivity contribution in [1.29, 1.82) is 0 Å². The molecule has 4 rings (SSSR count). The molecule has 4 atom stereocenters. The van der Waals surface area contributed by atoms with Crippen LogP contribution in [0.25, 0.3) is 0 Å². The first kappa shape index (κ1) is 25.4. The molecule has 3 fully saturated rings. The first-order chi connectivity index (χ1) is 16.6. The third kappa shape index (κ3) is 4.89. The summed E-state index contributed by atoms with van der Waals surface area (Å²) < 4.78 is 22.6. The van der Waals surface area contributed by atoms with Crippen molar-refractivity contribution < 1.29 is 38.4 Å². The second-order valence-corrected chi connectivity index (χ2v) is 11.0. The molecule has 0 aromatic heterocycles. The molecule has 35 heavy (non-hydrogen) atoms. The largest absolute Gasteiger partial charge is 0.480 e. The van der Waals surface area contributed by atoms with Crippen LogP contribution in [-0.4, -0.2) is 67.2 Å². The van der Waals surface area contributed by atoms with Gasteiger partial charge in [-0.3, -0.25) is 9.59 Å². The first-order valence-corrected chi connectivity index (χ1v) is 12.2. The predicted molar refractivity (Wildman–Crippen MR) is 124 cm³/mol. The molecule has 2 aliphatic heterocycles. The van der Waals surface area contributed by atoms with Crippen LogP contribution in [0.3, 0.4) is 0 Å². The molecule has 3 aliphatic rings. The monoisotopic (exact) mass is 489 g/mol. The lowest BCUT2D eigenvalue weighted by atomic mass is 9.91. The van der Waals surface area contributed by atoms with Crippen LogP contribution in [-0.2, 0) is 35.1 Å². The molecule has 1 amide bonds. The van der Waals surface area contributed by atoms with Crippen LogP contribution in [0.2, 0.25) is 0 Å². The lowest BCUT2D eigenvalue weighted by Crippen LogP contribution is -2.46. The van der Waals surface area contributed by atoms with E-state index in [2.05, 4.69) is 0 Å². The molecule has 9 nitrogen and oxygen atoms in total. The van der Waals surface area contributed by atoms with Gasteiger partial charge in [-0.15, -0.1) is 0 Å². The minimum absolute atomic E-state index is 0.0122. The number of carbonyl (C=O) groups is 3. The van der Waals surface area contributed by atoms with Crippen molar-refractivity contribution in [3.8, 4) is 0 Å². The molecule has 9 heteroatoms. The maximum absolute atomic E-state index is 13.2. The summed E-state index contributed by atoms with van der Waals surface area (Å²) in [6.07, 6.45) is 1.62. The Bertz CT molecular complexity index is 938. The van der Waals surface area contributed by atoms with Crippen LogP contribution in [0.4, 0.5) is 4.79 Å². The van der Waals surface area contributed by atoms with Crippen molar-refractivity contribution in [1.82, 2.24) is 4.90 Å². The van der Waals surface area contributed by atoms with Gasteiger partial charge in [0.1, 0.15) is 6.61 Å². The minimum Gasteiger partial charge on any atom is -0.480 e. The Kier molecular flexibility index (Phi) is 7.11. The maximum atomic E-state index is 13.2. The summed E-state index contributed by atoms with van der Waals surface area (Å²) in [4.78, 5) is 40.1. The Morgan fingerprint density at radius 1 is 1.14 bits per heavy atom. The molecule has 0 radical (unpaired) electrons. The third-order valence-corrected chi connectivity index (χ3v) is 7.19. The number of hydrogen-bond donors (Lipinski definition) is 1. The Balaban J connectivity index is 1.50. The highest BCUT2D eigenvalue weighted by molar-refractivity contribution is 6.05. The number of amides is 1. The van der Waals surface area contributed by atoms with Gasteiger partial charge in [0.05, 0.1) is 13.2 Å². The van der Waals surface area contributed by atoms with Crippen molar-refractivity contribution >= 4 is 18.0 Å². The quantitative estimate of drug-likeness (QED) is 0.437. The standard InChI is InChI=1S/C26H35NO8/c1-24(2,3)16-35-22(30)26(21(28)29)19-13-27(23(31)33-14-18-9-5-4-6-10-18)15-25(19,26)17-34-20-11-7-8-12-32-20/h4-6,9-10,19-20H,7-8,11-17H2,1-3H3,(H,28,29). The number of ether oxygens (including phenoxy) is 4. The highest BCUT2D eigenvalue weighted by Crippen LogP contribution is 2.73. The van der Waals surface area contributed by atoms with Gasteiger partial charge >= 0.3 is 18.0 Å². The summed E-state index contributed by atoms with van der Waals surface area (Å²) in [5.41, 5.74) is -2.32. The van der Waals surface area contributed by atoms with Gasteiger partial charge in [0.15, 0.2) is 11.7 Å². The molecule has 1 aromatic rings. The van der Waals surface area contributed by atoms with Crippen molar-refractivity contribution in [2.75, 3.05) is 32.9 Å². The second-order valence-electron chi connectivity index (χ2n) is 11.0. The smallest absolute Gasteiger partial charge is 0.410 e. The van der Waals surface area contributed by atoms with Crippen LogP contribution < -0.4 is 0 Å². The van der Waals surface area contributed by atoms with Gasteiger partial charge in [0, 0.05) is 31.0 Å². The van der Waals surface area contributed by atoms with Crippen molar-refractivity contribution in [3.05, 3.63) is 35.9 Å². The molecule has 1 aliphatic carbocycles. The molecular weight excluding hydrogens is 454 g/mol. The fourth-order valence-corrected chi connectivity index (χ4v) is 5.34. The highest BCUT2D eigenvalue weighted by atomic mass is 16.7. The fourth-order valence-electron chi connectivity index (χ4n) is 5.34. The summed E-state index contributed by atoms with van der Waals surface area (Å²) in [5.74, 6) is -2.64. The van der Waals surface area contributed by atoms with Crippen LogP contribution in [0.15, 0.2) is 30.3 Å². The maximum Gasteiger partial charge on any atom is 0.410 e. The van der Waals surface area contributed by atoms with Gasteiger partial charge in [-0.2, -0.15) is 0 Å². The number of nitrogens with zero attached hydrogens (tertiary/aromatic N) is 1. The van der Waals surface area contributed by atoms with Gasteiger partial charge in [-0.1, -0.05) is 51.1 Å². The predicted octanol–water partition coefficient (Wildman–Crippen LogP) is 3.46. The molecule has 192 valence electrons. The molecule has 0 spiro atoms. The Labute approximate surface area is 205 Å². The van der Waals surface area contributed by atoms with Crippen molar-refractivity contribution in [2.45, 2.75) is 52.9 Å². The van der Waals surface area contributed by atoms with Gasteiger partial charge in [-0.25, -0.2) is 4.79 Å². The Morgan fingerprint density at radius 3 is 2.51 bits per heavy atom. The number of esters is 1. The van der Waals surface area contributed by atoms with E-state index in [1.807, 2.05) is 51.1 Å². The van der Waals surface area contributed by atoms with Gasteiger partial charge in [0.2, 0.25) is 0 Å². The van der Waals surface area contributed by atoms with Crippen molar-refractivity contribution in [2.24, 2.45) is 22.2 Å². The van der Waals surface area contributed by atoms with E-state index in [0.29, 0.717) is 13.0 Å². The number of fused-ring (bicyclic) bond motifs is 1. The SMILES string of the molecule is CC(C)(C)COC(=O)C1(C(=O)O)C2CN(C(=O)OCc3ccccc3)CC21COC1CCCCO1. The first-order valence-electron chi connectivity index (χ1n) is 12.2. The van der Waals surface area contributed by atoms with E-state index in [-0.39, 0.29) is 38.3 Å². The minimum atomic E-state index is -1.76. The second kappa shape index (κ2) is 9.78. The molecule has 2 heterocycles. The van der Waals surface area contributed by atoms with Gasteiger partial charge in [0.25, 0.3) is 0 Å². The average molecular weight is 490 g/mol. The molecule has 1 N–H and O–H groups in total. The number of carbonyl (C=O) groups excluding carboxylic acids is 2. The number of hydrogen-bond acceptors (Lipinski definition) is 7. The highest BCUT2D eigenvalue weighted by Gasteiger charge is 2.89. The molecule has 1 aromatic carbocycles. The zero-order valence-corrected chi connectivity index (χ0v) is 20.7. The van der Waals surface area contributed by atoms with Gasteiger partial charge < -0.3 is 29.0 Å². The molecule has 2 saturated heterocycles.